The van der Waals surface area contributed by atoms with E-state index in [4.69, 9.17) is 23.2 Å². The number of hydrazone groups is 1. The number of anilines is 1. The number of ketones is 1. The van der Waals surface area contributed by atoms with Crippen molar-refractivity contribution in [3.8, 4) is 0 Å². The molecule has 0 radical (unpaired) electrons. The van der Waals surface area contributed by atoms with Gasteiger partial charge in [0, 0.05) is 17.1 Å². The zero-order chi connectivity index (χ0) is 21.7. The summed E-state index contributed by atoms with van der Waals surface area (Å²) in [6.45, 7) is 3.59. The molecule has 3 heterocycles. The Hall–Kier alpha value is -2.91. The monoisotopic (exact) mass is 448 g/mol. The number of rotatable bonds is 4. The largest absolute Gasteiger partial charge is 0.332 e. The molecule has 0 atom stereocenters. The molecule has 0 unspecified atom stereocenters. The zero-order valence-corrected chi connectivity index (χ0v) is 18.0. The molecule has 11 heteroatoms. The maximum atomic E-state index is 13.3. The molecule has 3 aromatic rings. The van der Waals surface area contributed by atoms with Gasteiger partial charge in [-0.05, 0) is 31.5 Å². The highest BCUT2D eigenvalue weighted by Crippen LogP contribution is 2.24. The number of nitrogens with zero attached hydrogens (tertiary/aromatic N) is 6. The number of imidazole rings is 1. The molecule has 1 aliphatic heterocycles. The second kappa shape index (κ2) is 7.41. The molecular formula is C19H18Cl2N6O3. The van der Waals surface area contributed by atoms with Crippen LogP contribution in [0.5, 0.6) is 0 Å². The van der Waals surface area contributed by atoms with Crippen molar-refractivity contribution in [1.29, 1.82) is 0 Å². The first-order valence-corrected chi connectivity index (χ1v) is 9.88. The first-order chi connectivity index (χ1) is 14.2. The van der Waals surface area contributed by atoms with Crippen LogP contribution in [0.25, 0.3) is 11.2 Å². The summed E-state index contributed by atoms with van der Waals surface area (Å²) in [4.78, 5) is 42.4. The van der Waals surface area contributed by atoms with Crippen LogP contribution in [0.15, 0.2) is 32.9 Å². The summed E-state index contributed by atoms with van der Waals surface area (Å²) in [7, 11) is 1.55. The van der Waals surface area contributed by atoms with Gasteiger partial charge in [0.25, 0.3) is 5.56 Å². The minimum absolute atomic E-state index is 0.0117. The van der Waals surface area contributed by atoms with Crippen LogP contribution >= 0.6 is 23.2 Å². The van der Waals surface area contributed by atoms with Crippen molar-refractivity contribution in [2.24, 2.45) is 12.1 Å². The van der Waals surface area contributed by atoms with Crippen molar-refractivity contribution in [2.75, 3.05) is 11.6 Å². The van der Waals surface area contributed by atoms with Gasteiger partial charge in [-0.25, -0.2) is 9.80 Å². The fourth-order valence-electron chi connectivity index (χ4n) is 3.49. The van der Waals surface area contributed by atoms with E-state index in [2.05, 4.69) is 10.1 Å². The molecule has 0 saturated carbocycles. The Kier molecular flexibility index (Phi) is 5.03. The Morgan fingerprint density at radius 1 is 1.23 bits per heavy atom. The fraction of sp³-hybridized carbons (Fsp3) is 0.316. The normalized spacial score (nSPS) is 13.5. The molecule has 0 fully saturated rings. The van der Waals surface area contributed by atoms with Crippen LogP contribution in [-0.4, -0.2) is 36.7 Å². The van der Waals surface area contributed by atoms with E-state index in [-0.39, 0.29) is 30.0 Å². The minimum Gasteiger partial charge on any atom is -0.298 e. The van der Waals surface area contributed by atoms with Gasteiger partial charge < -0.3 is 0 Å². The maximum absolute atomic E-state index is 13.3. The lowest BCUT2D eigenvalue weighted by Gasteiger charge is -2.23. The third kappa shape index (κ3) is 3.33. The number of halogens is 2. The van der Waals surface area contributed by atoms with Crippen LogP contribution in [0.1, 0.15) is 19.4 Å². The molecule has 0 N–H and O–H groups in total. The predicted octanol–water partition coefficient (Wildman–Crippen LogP) is 2.04. The van der Waals surface area contributed by atoms with Crippen LogP contribution < -0.4 is 16.3 Å². The summed E-state index contributed by atoms with van der Waals surface area (Å²) >= 11 is 12.2. The number of Topliss-reactive ketones (excluding diaryl/α,β-unsaturated/α-hetero) is 1. The number of hydrogen-bond donors (Lipinski definition) is 0. The Balaban J connectivity index is 1.94. The number of aryl methyl sites for hydroxylation is 1. The summed E-state index contributed by atoms with van der Waals surface area (Å²) < 4.78 is 4.11. The van der Waals surface area contributed by atoms with E-state index in [0.29, 0.717) is 33.8 Å². The Bertz CT molecular complexity index is 1350. The van der Waals surface area contributed by atoms with E-state index >= 15 is 0 Å². The summed E-state index contributed by atoms with van der Waals surface area (Å²) in [5.41, 5.74) is 0.787. The third-order valence-corrected chi connectivity index (χ3v) is 5.42. The lowest BCUT2D eigenvalue weighted by Crippen LogP contribution is -2.40. The van der Waals surface area contributed by atoms with Gasteiger partial charge in [-0.15, -0.1) is 0 Å². The molecule has 30 heavy (non-hydrogen) atoms. The highest BCUT2D eigenvalue weighted by Gasteiger charge is 2.27. The molecule has 156 valence electrons. The second-order valence-electron chi connectivity index (χ2n) is 7.23. The highest BCUT2D eigenvalue weighted by molar-refractivity contribution is 6.35. The fourth-order valence-corrected chi connectivity index (χ4v) is 3.96. The van der Waals surface area contributed by atoms with E-state index in [1.807, 2.05) is 0 Å². The average Bonchev–Trinajstić information content (AvgIpc) is 3.04. The van der Waals surface area contributed by atoms with Crippen molar-refractivity contribution in [3.05, 3.63) is 54.6 Å². The smallest absolute Gasteiger partial charge is 0.298 e. The number of carbonyl (C=O) groups is 1. The Morgan fingerprint density at radius 3 is 2.63 bits per heavy atom. The SMILES string of the molecule is CC(=O)CN1N=C(C)Cn2c1nc1c2c(=O)n(Cc2ccc(Cl)cc2Cl)c(=O)n1C. The molecule has 0 spiro atoms. The van der Waals surface area contributed by atoms with Crippen LogP contribution in [-0.2, 0) is 24.9 Å². The number of benzene rings is 1. The standard InChI is InChI=1S/C19H18Cl2N6O3/c1-10-7-25-15-16(22-18(25)27(23-10)8-11(2)28)24(3)19(30)26(17(15)29)9-12-4-5-13(20)6-14(12)21/h4-6H,7-9H2,1-3H3. The van der Waals surface area contributed by atoms with Crippen molar-refractivity contribution >= 4 is 51.8 Å². The molecule has 9 nitrogen and oxygen atoms in total. The van der Waals surface area contributed by atoms with Crippen LogP contribution in [0, 0.1) is 0 Å². The van der Waals surface area contributed by atoms with Crippen molar-refractivity contribution in [1.82, 2.24) is 18.7 Å². The van der Waals surface area contributed by atoms with Crippen LogP contribution in [0.4, 0.5) is 5.95 Å². The van der Waals surface area contributed by atoms with Gasteiger partial charge >= 0.3 is 5.69 Å². The van der Waals surface area contributed by atoms with Crippen molar-refractivity contribution in [3.63, 3.8) is 0 Å². The number of aromatic nitrogens is 4. The van der Waals surface area contributed by atoms with Crippen LogP contribution in [0.3, 0.4) is 0 Å². The first-order valence-electron chi connectivity index (χ1n) is 9.12. The number of fused-ring (bicyclic) bond motifs is 3. The molecule has 4 rings (SSSR count). The Morgan fingerprint density at radius 2 is 1.97 bits per heavy atom. The van der Waals surface area contributed by atoms with Crippen LogP contribution in [0.2, 0.25) is 10.0 Å². The summed E-state index contributed by atoms with van der Waals surface area (Å²) in [6, 6.07) is 4.89. The molecule has 1 aliphatic rings. The van der Waals surface area contributed by atoms with Gasteiger partial charge in [0.1, 0.15) is 6.54 Å². The van der Waals surface area contributed by atoms with Crippen molar-refractivity contribution in [2.45, 2.75) is 26.9 Å². The van der Waals surface area contributed by atoms with E-state index < -0.39 is 11.2 Å². The maximum Gasteiger partial charge on any atom is 0.332 e. The molecule has 0 amide bonds. The number of hydrogen-bond acceptors (Lipinski definition) is 6. The van der Waals surface area contributed by atoms with E-state index in [9.17, 15) is 14.4 Å². The lowest BCUT2D eigenvalue weighted by atomic mass is 10.2. The molecular weight excluding hydrogens is 431 g/mol. The van der Waals surface area contributed by atoms with E-state index in [0.717, 1.165) is 4.57 Å². The third-order valence-electron chi connectivity index (χ3n) is 4.84. The zero-order valence-electron chi connectivity index (χ0n) is 16.5. The summed E-state index contributed by atoms with van der Waals surface area (Å²) in [6.07, 6.45) is 0. The first kappa shape index (κ1) is 20.4. The van der Waals surface area contributed by atoms with Gasteiger partial charge in [-0.1, -0.05) is 29.3 Å². The van der Waals surface area contributed by atoms with E-state index in [1.165, 1.54) is 16.5 Å². The van der Waals surface area contributed by atoms with Gasteiger partial charge in [0.2, 0.25) is 5.95 Å². The topological polar surface area (TPSA) is 94.5 Å². The summed E-state index contributed by atoms with van der Waals surface area (Å²) in [5, 5.41) is 6.65. The van der Waals surface area contributed by atoms with Gasteiger partial charge in [-0.3, -0.25) is 23.3 Å². The quantitative estimate of drug-likeness (QED) is 0.608. The minimum atomic E-state index is -0.523. The molecule has 0 bridgehead atoms. The average molecular weight is 449 g/mol. The molecule has 0 aliphatic carbocycles. The molecule has 1 aromatic carbocycles. The van der Waals surface area contributed by atoms with Gasteiger partial charge in [0.15, 0.2) is 16.9 Å². The van der Waals surface area contributed by atoms with E-state index in [1.54, 1.807) is 36.7 Å². The molecule has 0 saturated heterocycles. The van der Waals surface area contributed by atoms with Gasteiger partial charge in [-0.2, -0.15) is 10.1 Å². The second-order valence-corrected chi connectivity index (χ2v) is 8.08. The highest BCUT2D eigenvalue weighted by atomic mass is 35.5. The van der Waals surface area contributed by atoms with Gasteiger partial charge in [0.05, 0.1) is 18.8 Å². The van der Waals surface area contributed by atoms with Crippen molar-refractivity contribution < 1.29 is 4.79 Å². The summed E-state index contributed by atoms with van der Waals surface area (Å²) in [5.74, 6) is 0.246. The number of carbonyl (C=O) groups excluding carboxylic acids is 1. The molecule has 2 aromatic heterocycles. The Labute approximate surface area is 180 Å². The predicted molar refractivity (Wildman–Crippen MR) is 116 cm³/mol. The lowest BCUT2D eigenvalue weighted by molar-refractivity contribution is -0.115.